The first kappa shape index (κ1) is 22.4. The molecule has 0 bridgehead atoms. The van der Waals surface area contributed by atoms with Crippen LogP contribution in [0.25, 0.3) is 10.8 Å². The van der Waals surface area contributed by atoms with Crippen molar-refractivity contribution in [3.63, 3.8) is 0 Å². The van der Waals surface area contributed by atoms with Gasteiger partial charge < -0.3 is 4.74 Å². The molecular weight excluding hydrogens is 393 g/mol. The number of benzene rings is 2. The zero-order chi connectivity index (χ0) is 21.9. The van der Waals surface area contributed by atoms with Gasteiger partial charge in [0.1, 0.15) is 5.75 Å². The van der Waals surface area contributed by atoms with E-state index in [-0.39, 0.29) is 17.9 Å². The van der Waals surface area contributed by atoms with Gasteiger partial charge in [0.15, 0.2) is 6.04 Å². The van der Waals surface area contributed by atoms with Crippen molar-refractivity contribution in [1.82, 2.24) is 10.4 Å². The molecule has 1 saturated heterocycles. The highest BCUT2D eigenvalue weighted by molar-refractivity contribution is 5.90. The molecule has 0 aliphatic carbocycles. The maximum absolute atomic E-state index is 14.3. The number of nitrogens with one attached hydrogen (secondary N) is 1. The number of ether oxygens (including phenoxy) is 1. The second-order valence-electron chi connectivity index (χ2n) is 8.51. The third-order valence-corrected chi connectivity index (χ3v) is 5.50. The van der Waals surface area contributed by atoms with Crippen LogP contribution >= 0.6 is 0 Å². The Hall–Kier alpha value is -2.28. The van der Waals surface area contributed by atoms with Crippen molar-refractivity contribution in [2.24, 2.45) is 5.41 Å². The van der Waals surface area contributed by atoms with E-state index in [9.17, 15) is 18.0 Å². The topological polar surface area (TPSA) is 41.6 Å². The Balaban J connectivity index is 2.02. The molecule has 30 heavy (non-hydrogen) atoms. The molecular formula is C23H29F3N2O2. The molecule has 1 heterocycles. The fraction of sp³-hybridized carbons (Fsp3) is 0.522. The molecule has 0 radical (unpaired) electrons. The summed E-state index contributed by atoms with van der Waals surface area (Å²) >= 11 is 0. The highest BCUT2D eigenvalue weighted by Gasteiger charge is 2.52. The van der Waals surface area contributed by atoms with E-state index in [1.165, 1.54) is 6.07 Å². The minimum absolute atomic E-state index is 0.0229. The van der Waals surface area contributed by atoms with E-state index in [1.807, 2.05) is 12.1 Å². The van der Waals surface area contributed by atoms with Gasteiger partial charge in [-0.15, -0.1) is 0 Å². The largest absolute Gasteiger partial charge is 0.493 e. The van der Waals surface area contributed by atoms with Gasteiger partial charge in [-0.1, -0.05) is 62.6 Å². The van der Waals surface area contributed by atoms with Crippen LogP contribution in [-0.2, 0) is 4.79 Å². The number of carbonyl (C=O) groups is 1. The zero-order valence-electron chi connectivity index (χ0n) is 17.7. The lowest BCUT2D eigenvalue weighted by Crippen LogP contribution is -2.43. The molecule has 7 heteroatoms. The number of alkyl halides is 3. The summed E-state index contributed by atoms with van der Waals surface area (Å²) in [5, 5.41) is 2.46. The quantitative estimate of drug-likeness (QED) is 0.549. The van der Waals surface area contributed by atoms with E-state index in [0.29, 0.717) is 12.0 Å². The third-order valence-electron chi connectivity index (χ3n) is 5.50. The van der Waals surface area contributed by atoms with Gasteiger partial charge in [0, 0.05) is 17.5 Å². The van der Waals surface area contributed by atoms with Crippen LogP contribution in [-0.4, -0.2) is 30.2 Å². The van der Waals surface area contributed by atoms with Crippen LogP contribution in [0, 0.1) is 5.41 Å². The maximum atomic E-state index is 14.3. The van der Waals surface area contributed by atoms with Crippen molar-refractivity contribution >= 4 is 16.7 Å². The number of amides is 1. The van der Waals surface area contributed by atoms with Crippen molar-refractivity contribution in [1.29, 1.82) is 0 Å². The Morgan fingerprint density at radius 1 is 1.13 bits per heavy atom. The molecule has 2 aromatic rings. The number of carbonyl (C=O) groups excluding carboxylic acids is 1. The molecule has 0 saturated carbocycles. The van der Waals surface area contributed by atoms with Crippen LogP contribution in [0.4, 0.5) is 13.2 Å². The summed E-state index contributed by atoms with van der Waals surface area (Å²) < 4.78 is 48.7. The molecule has 0 aromatic heterocycles. The SMILES string of the molecule is CCCCCCOc1c([C@H](N2CC(C)(C)C(=O)N2)C(F)(F)F)ccc2ccccc12. The molecule has 1 atom stereocenters. The number of hydrazine groups is 1. The average molecular weight is 422 g/mol. The van der Waals surface area contributed by atoms with Crippen molar-refractivity contribution in [2.75, 3.05) is 13.2 Å². The van der Waals surface area contributed by atoms with Crippen molar-refractivity contribution < 1.29 is 22.7 Å². The minimum Gasteiger partial charge on any atom is -0.493 e. The van der Waals surface area contributed by atoms with Gasteiger partial charge in [-0.2, -0.15) is 13.2 Å². The van der Waals surface area contributed by atoms with Crippen LogP contribution in [0.15, 0.2) is 36.4 Å². The predicted octanol–water partition coefficient (Wildman–Crippen LogP) is 5.78. The van der Waals surface area contributed by atoms with Crippen molar-refractivity contribution in [3.05, 3.63) is 42.0 Å². The van der Waals surface area contributed by atoms with E-state index in [1.54, 1.807) is 32.0 Å². The summed E-state index contributed by atoms with van der Waals surface area (Å²) in [6.07, 6.45) is -0.710. The second kappa shape index (κ2) is 8.84. The minimum atomic E-state index is -4.59. The summed E-state index contributed by atoms with van der Waals surface area (Å²) in [4.78, 5) is 12.2. The Labute approximate surface area is 175 Å². The van der Waals surface area contributed by atoms with Crippen molar-refractivity contribution in [2.45, 2.75) is 58.7 Å². The van der Waals surface area contributed by atoms with E-state index in [2.05, 4.69) is 12.3 Å². The van der Waals surface area contributed by atoms with Crippen LogP contribution in [0.5, 0.6) is 5.75 Å². The number of unbranched alkanes of at least 4 members (excludes halogenated alkanes) is 3. The lowest BCUT2D eigenvalue weighted by molar-refractivity contribution is -0.192. The highest BCUT2D eigenvalue weighted by Crippen LogP contribution is 2.45. The molecule has 1 N–H and O–H groups in total. The monoisotopic (exact) mass is 422 g/mol. The molecule has 1 aliphatic heterocycles. The zero-order valence-corrected chi connectivity index (χ0v) is 17.7. The molecule has 2 aromatic carbocycles. The summed E-state index contributed by atoms with van der Waals surface area (Å²) in [5.41, 5.74) is 1.55. The Kier molecular flexibility index (Phi) is 6.60. The molecule has 3 rings (SSSR count). The van der Waals surface area contributed by atoms with Gasteiger partial charge in [-0.05, 0) is 25.7 Å². The lowest BCUT2D eigenvalue weighted by Gasteiger charge is -2.31. The van der Waals surface area contributed by atoms with Gasteiger partial charge in [-0.3, -0.25) is 10.2 Å². The van der Waals surface area contributed by atoms with E-state index in [0.717, 1.165) is 36.1 Å². The standard InChI is InChI=1S/C23H29F3N2O2/c1-4-5-6-9-14-30-19-17-11-8-7-10-16(17)12-13-18(19)20(23(24,25)26)28-15-22(2,3)21(29)27-28/h7-8,10-13,20H,4-6,9,14-15H2,1-3H3,(H,27,29)/t20-/m0/s1. The first-order valence-electron chi connectivity index (χ1n) is 10.4. The van der Waals surface area contributed by atoms with Crippen LogP contribution < -0.4 is 10.2 Å². The maximum Gasteiger partial charge on any atom is 0.410 e. The highest BCUT2D eigenvalue weighted by atomic mass is 19.4. The fourth-order valence-electron chi connectivity index (χ4n) is 3.84. The average Bonchev–Trinajstić information content (AvgIpc) is 2.93. The first-order chi connectivity index (χ1) is 14.1. The number of hydrogen-bond donors (Lipinski definition) is 1. The van der Waals surface area contributed by atoms with E-state index < -0.39 is 23.5 Å². The van der Waals surface area contributed by atoms with E-state index in [4.69, 9.17) is 4.74 Å². The predicted molar refractivity (Wildman–Crippen MR) is 111 cm³/mol. The van der Waals surface area contributed by atoms with Gasteiger partial charge in [0.05, 0.1) is 12.0 Å². The Bertz CT molecular complexity index is 896. The molecule has 0 spiro atoms. The Morgan fingerprint density at radius 3 is 2.50 bits per heavy atom. The van der Waals surface area contributed by atoms with Crippen LogP contribution in [0.1, 0.15) is 58.1 Å². The Morgan fingerprint density at radius 2 is 1.87 bits per heavy atom. The fourth-order valence-corrected chi connectivity index (χ4v) is 3.84. The molecule has 164 valence electrons. The summed E-state index contributed by atoms with van der Waals surface area (Å²) in [7, 11) is 0. The van der Waals surface area contributed by atoms with E-state index >= 15 is 0 Å². The summed E-state index contributed by atoms with van der Waals surface area (Å²) in [6.45, 7) is 5.69. The normalized spacial score (nSPS) is 17.9. The van der Waals surface area contributed by atoms with Crippen LogP contribution in [0.2, 0.25) is 0 Å². The van der Waals surface area contributed by atoms with Gasteiger partial charge in [0.25, 0.3) is 0 Å². The summed E-state index contributed by atoms with van der Waals surface area (Å²) in [6, 6.07) is 8.43. The molecule has 1 fully saturated rings. The molecule has 4 nitrogen and oxygen atoms in total. The first-order valence-corrected chi connectivity index (χ1v) is 10.4. The molecule has 1 amide bonds. The van der Waals surface area contributed by atoms with Gasteiger partial charge >= 0.3 is 6.18 Å². The number of halogens is 3. The van der Waals surface area contributed by atoms with Gasteiger partial charge in [-0.25, -0.2) is 5.01 Å². The molecule has 0 unspecified atom stereocenters. The van der Waals surface area contributed by atoms with Crippen molar-refractivity contribution in [3.8, 4) is 5.75 Å². The van der Waals surface area contributed by atoms with Gasteiger partial charge in [0.2, 0.25) is 5.91 Å². The smallest absolute Gasteiger partial charge is 0.410 e. The number of hydrogen-bond acceptors (Lipinski definition) is 3. The molecule has 1 aliphatic rings. The van der Waals surface area contributed by atoms with Crippen LogP contribution in [0.3, 0.4) is 0 Å². The second-order valence-corrected chi connectivity index (χ2v) is 8.51. The summed E-state index contributed by atoms with van der Waals surface area (Å²) in [5.74, 6) is -0.176. The number of nitrogens with zero attached hydrogens (tertiary/aromatic N) is 1. The lowest BCUT2D eigenvalue weighted by atomic mass is 9.93. The third kappa shape index (κ3) is 4.72. The number of rotatable bonds is 8. The number of fused-ring (bicyclic) bond motifs is 1.